The number of aliphatic hydroxyl groups excluding tert-OH is 1. The van der Waals surface area contributed by atoms with Gasteiger partial charge >= 0.3 is 5.97 Å². The van der Waals surface area contributed by atoms with E-state index in [1.807, 2.05) is 0 Å². The van der Waals surface area contributed by atoms with Gasteiger partial charge in [0.25, 0.3) is 0 Å². The topological polar surface area (TPSA) is 87.0 Å². The van der Waals surface area contributed by atoms with Crippen LogP contribution in [0.5, 0.6) is 11.5 Å². The van der Waals surface area contributed by atoms with Gasteiger partial charge in [-0.25, -0.2) is 0 Å². The molecule has 0 heterocycles. The zero-order valence-electron chi connectivity index (χ0n) is 10.3. The van der Waals surface area contributed by atoms with Crippen molar-refractivity contribution in [2.75, 3.05) is 7.11 Å². The van der Waals surface area contributed by atoms with E-state index in [-0.39, 0.29) is 18.6 Å². The van der Waals surface area contributed by atoms with Crippen molar-refractivity contribution in [3.63, 3.8) is 0 Å². The molecule has 0 amide bonds. The molecular formula is C13H18O5. The highest BCUT2D eigenvalue weighted by molar-refractivity contribution is 5.66. The Hall–Kier alpha value is -1.75. The van der Waals surface area contributed by atoms with Crippen molar-refractivity contribution in [2.24, 2.45) is 0 Å². The molecule has 0 saturated heterocycles. The molecule has 0 aliphatic carbocycles. The molecule has 1 unspecified atom stereocenters. The van der Waals surface area contributed by atoms with E-state index in [0.29, 0.717) is 18.6 Å². The number of aromatic hydroxyl groups is 1. The lowest BCUT2D eigenvalue weighted by molar-refractivity contribution is -0.137. The van der Waals surface area contributed by atoms with Crippen LogP contribution in [-0.4, -0.2) is 34.5 Å². The van der Waals surface area contributed by atoms with E-state index in [9.17, 15) is 15.0 Å². The summed E-state index contributed by atoms with van der Waals surface area (Å²) in [5.41, 5.74) is 0.930. The summed E-state index contributed by atoms with van der Waals surface area (Å²) in [5, 5.41) is 27.5. The van der Waals surface area contributed by atoms with Gasteiger partial charge in [-0.15, -0.1) is 0 Å². The number of phenols is 1. The Bertz CT molecular complexity index is 402. The van der Waals surface area contributed by atoms with Gasteiger partial charge in [0.1, 0.15) is 0 Å². The fraction of sp³-hybridized carbons (Fsp3) is 0.462. The van der Waals surface area contributed by atoms with Crippen LogP contribution in [0.3, 0.4) is 0 Å². The van der Waals surface area contributed by atoms with E-state index in [2.05, 4.69) is 0 Å². The van der Waals surface area contributed by atoms with Gasteiger partial charge in [-0.05, 0) is 37.0 Å². The van der Waals surface area contributed by atoms with Crippen LogP contribution in [0.4, 0.5) is 0 Å². The summed E-state index contributed by atoms with van der Waals surface area (Å²) in [6.07, 6.45) is 0.699. The van der Waals surface area contributed by atoms with Crippen LogP contribution in [-0.2, 0) is 11.2 Å². The van der Waals surface area contributed by atoms with E-state index < -0.39 is 12.1 Å². The summed E-state index contributed by atoms with van der Waals surface area (Å²) in [6.45, 7) is 0. The fourth-order valence-corrected chi connectivity index (χ4v) is 1.65. The van der Waals surface area contributed by atoms with E-state index in [4.69, 9.17) is 9.84 Å². The number of hydrogen-bond donors (Lipinski definition) is 3. The van der Waals surface area contributed by atoms with Crippen molar-refractivity contribution in [2.45, 2.75) is 31.8 Å². The van der Waals surface area contributed by atoms with Crippen LogP contribution in [0.15, 0.2) is 18.2 Å². The van der Waals surface area contributed by atoms with Gasteiger partial charge in [-0.2, -0.15) is 0 Å². The first-order chi connectivity index (χ1) is 8.52. The maximum absolute atomic E-state index is 10.3. The maximum Gasteiger partial charge on any atom is 0.303 e. The Morgan fingerprint density at radius 3 is 2.72 bits per heavy atom. The van der Waals surface area contributed by atoms with Gasteiger partial charge in [-0.1, -0.05) is 6.07 Å². The number of carboxylic acids is 1. The molecule has 18 heavy (non-hydrogen) atoms. The summed E-state index contributed by atoms with van der Waals surface area (Å²) >= 11 is 0. The van der Waals surface area contributed by atoms with Crippen molar-refractivity contribution < 1.29 is 24.9 Å². The van der Waals surface area contributed by atoms with Gasteiger partial charge in [0.2, 0.25) is 0 Å². The van der Waals surface area contributed by atoms with Crippen molar-refractivity contribution in [1.29, 1.82) is 0 Å². The molecule has 1 rings (SSSR count). The summed E-state index contributed by atoms with van der Waals surface area (Å²) in [4.78, 5) is 10.3. The summed E-state index contributed by atoms with van der Waals surface area (Å²) in [6, 6.07) is 5.00. The predicted molar refractivity (Wildman–Crippen MR) is 65.9 cm³/mol. The third-order valence-electron chi connectivity index (χ3n) is 2.70. The SMILES string of the molecule is COc1cc(CCC(O)CCC(=O)O)ccc1O. The van der Waals surface area contributed by atoms with E-state index in [0.717, 1.165) is 5.56 Å². The molecular weight excluding hydrogens is 236 g/mol. The first-order valence-electron chi connectivity index (χ1n) is 5.78. The number of methoxy groups -OCH3 is 1. The molecule has 0 aliphatic heterocycles. The predicted octanol–water partition coefficient (Wildman–Crippen LogP) is 1.56. The van der Waals surface area contributed by atoms with Gasteiger partial charge < -0.3 is 20.1 Å². The highest BCUT2D eigenvalue weighted by atomic mass is 16.5. The quantitative estimate of drug-likeness (QED) is 0.687. The summed E-state index contributed by atoms with van der Waals surface area (Å²) in [7, 11) is 1.47. The number of hydrogen-bond acceptors (Lipinski definition) is 4. The number of rotatable bonds is 7. The maximum atomic E-state index is 10.3. The number of aryl methyl sites for hydroxylation is 1. The Balaban J connectivity index is 2.45. The monoisotopic (exact) mass is 254 g/mol. The molecule has 5 heteroatoms. The molecule has 0 fully saturated rings. The smallest absolute Gasteiger partial charge is 0.303 e. The van der Waals surface area contributed by atoms with Crippen LogP contribution in [0.25, 0.3) is 0 Å². The van der Waals surface area contributed by atoms with Crippen LogP contribution in [0.2, 0.25) is 0 Å². The average Bonchev–Trinajstić information content (AvgIpc) is 2.35. The van der Waals surface area contributed by atoms with Crippen LogP contribution < -0.4 is 4.74 Å². The van der Waals surface area contributed by atoms with E-state index >= 15 is 0 Å². The Morgan fingerprint density at radius 2 is 2.11 bits per heavy atom. The molecule has 5 nitrogen and oxygen atoms in total. The van der Waals surface area contributed by atoms with Crippen LogP contribution >= 0.6 is 0 Å². The molecule has 3 N–H and O–H groups in total. The first-order valence-corrected chi connectivity index (χ1v) is 5.78. The number of benzene rings is 1. The van der Waals surface area contributed by atoms with E-state index in [1.54, 1.807) is 12.1 Å². The van der Waals surface area contributed by atoms with Gasteiger partial charge in [-0.3, -0.25) is 4.79 Å². The summed E-state index contributed by atoms with van der Waals surface area (Å²) in [5.74, 6) is -0.430. The van der Waals surface area contributed by atoms with Crippen LogP contribution in [0, 0.1) is 0 Å². The minimum Gasteiger partial charge on any atom is -0.504 e. The average molecular weight is 254 g/mol. The van der Waals surface area contributed by atoms with Gasteiger partial charge in [0.05, 0.1) is 13.2 Å². The largest absolute Gasteiger partial charge is 0.504 e. The third kappa shape index (κ3) is 4.63. The van der Waals surface area contributed by atoms with Crippen molar-refractivity contribution >= 4 is 5.97 Å². The zero-order valence-corrected chi connectivity index (χ0v) is 10.3. The lowest BCUT2D eigenvalue weighted by Gasteiger charge is -2.10. The Morgan fingerprint density at radius 1 is 1.39 bits per heavy atom. The van der Waals surface area contributed by atoms with Crippen LogP contribution in [0.1, 0.15) is 24.8 Å². The fourth-order valence-electron chi connectivity index (χ4n) is 1.65. The molecule has 1 atom stereocenters. The molecule has 0 aromatic heterocycles. The number of phenolic OH excluding ortho intramolecular Hbond substituents is 1. The molecule has 0 bridgehead atoms. The molecule has 0 saturated carbocycles. The second-order valence-corrected chi connectivity index (χ2v) is 4.13. The van der Waals surface area contributed by atoms with Crippen molar-refractivity contribution in [1.82, 2.24) is 0 Å². The second kappa shape index (κ2) is 6.86. The molecule has 1 aromatic carbocycles. The normalized spacial score (nSPS) is 12.1. The lowest BCUT2D eigenvalue weighted by atomic mass is 10.0. The second-order valence-electron chi connectivity index (χ2n) is 4.13. The lowest BCUT2D eigenvalue weighted by Crippen LogP contribution is -2.10. The zero-order chi connectivity index (χ0) is 13.5. The first kappa shape index (κ1) is 14.3. The number of carbonyl (C=O) groups is 1. The number of aliphatic hydroxyl groups is 1. The number of aliphatic carboxylic acids is 1. The Labute approximate surface area is 106 Å². The highest BCUT2D eigenvalue weighted by Gasteiger charge is 2.09. The van der Waals surface area contributed by atoms with Gasteiger partial charge in [0.15, 0.2) is 11.5 Å². The molecule has 1 aromatic rings. The minimum absolute atomic E-state index is 0.0277. The molecule has 0 radical (unpaired) electrons. The third-order valence-corrected chi connectivity index (χ3v) is 2.70. The Kier molecular flexibility index (Phi) is 5.45. The van der Waals surface area contributed by atoms with Gasteiger partial charge in [0, 0.05) is 6.42 Å². The number of carboxylic acid groups (broad SMARTS) is 1. The van der Waals surface area contributed by atoms with Crippen molar-refractivity contribution in [3.05, 3.63) is 23.8 Å². The minimum atomic E-state index is -0.902. The molecule has 0 spiro atoms. The molecule has 100 valence electrons. The molecule has 0 aliphatic rings. The number of ether oxygens (including phenoxy) is 1. The highest BCUT2D eigenvalue weighted by Crippen LogP contribution is 2.26. The summed E-state index contributed by atoms with van der Waals surface area (Å²) < 4.78 is 4.98. The van der Waals surface area contributed by atoms with Crippen molar-refractivity contribution in [3.8, 4) is 11.5 Å². The standard InChI is InChI=1S/C13H18O5/c1-18-12-8-9(3-6-11(12)15)2-4-10(14)5-7-13(16)17/h3,6,8,10,14-15H,2,4-5,7H2,1H3,(H,16,17). The van der Waals surface area contributed by atoms with E-state index in [1.165, 1.54) is 13.2 Å².